The van der Waals surface area contributed by atoms with Crippen LogP contribution in [0.15, 0.2) is 18.5 Å². The smallest absolute Gasteiger partial charge is 0.262 e. The second kappa shape index (κ2) is 7.47. The predicted octanol–water partition coefficient (Wildman–Crippen LogP) is 4.30. The number of hydrogen-bond acceptors (Lipinski definition) is 6. The molecule has 0 saturated carbocycles. The van der Waals surface area contributed by atoms with Gasteiger partial charge >= 0.3 is 0 Å². The summed E-state index contributed by atoms with van der Waals surface area (Å²) in [4.78, 5) is 22.7. The monoisotopic (exact) mass is 391 g/mol. The molecule has 0 unspecified atom stereocenters. The Hall–Kier alpha value is -2.38. The van der Waals surface area contributed by atoms with E-state index >= 15 is 0 Å². The molecule has 0 aliphatic heterocycles. The van der Waals surface area contributed by atoms with E-state index in [2.05, 4.69) is 15.3 Å². The Bertz CT molecular complexity index is 987. The maximum absolute atomic E-state index is 12.3. The number of fused-ring (bicyclic) bond motifs is 1. The van der Waals surface area contributed by atoms with Crippen molar-refractivity contribution in [2.75, 3.05) is 19.0 Å². The molecule has 1 aromatic carbocycles. The van der Waals surface area contributed by atoms with Crippen molar-refractivity contribution < 1.29 is 14.3 Å². The van der Waals surface area contributed by atoms with Crippen molar-refractivity contribution in [3.05, 3.63) is 39.5 Å². The van der Waals surface area contributed by atoms with E-state index in [4.69, 9.17) is 21.1 Å². The largest absolute Gasteiger partial charge is 0.495 e. The molecule has 0 saturated heterocycles. The van der Waals surface area contributed by atoms with Gasteiger partial charge in [-0.2, -0.15) is 0 Å². The minimum atomic E-state index is -0.318. The summed E-state index contributed by atoms with van der Waals surface area (Å²) in [6.07, 6.45) is 1.44. The number of methoxy groups -OCH3 is 1. The highest BCUT2D eigenvalue weighted by molar-refractivity contribution is 7.18. The molecule has 0 radical (unpaired) electrons. The zero-order valence-corrected chi connectivity index (χ0v) is 16.4. The van der Waals surface area contributed by atoms with Gasteiger partial charge < -0.3 is 14.8 Å². The van der Waals surface area contributed by atoms with E-state index in [0.717, 1.165) is 26.2 Å². The highest BCUT2D eigenvalue weighted by Gasteiger charge is 2.15. The van der Waals surface area contributed by atoms with Crippen molar-refractivity contribution in [2.24, 2.45) is 0 Å². The molecular formula is C18H18ClN3O3S. The lowest BCUT2D eigenvalue weighted by Crippen LogP contribution is -2.21. The van der Waals surface area contributed by atoms with Gasteiger partial charge in [0.15, 0.2) is 6.61 Å². The first-order chi connectivity index (χ1) is 12.4. The van der Waals surface area contributed by atoms with Gasteiger partial charge in [0.2, 0.25) is 5.88 Å². The van der Waals surface area contributed by atoms with E-state index < -0.39 is 0 Å². The number of aryl methyl sites for hydroxylation is 3. The second-order valence-corrected chi connectivity index (χ2v) is 7.39. The molecule has 0 aliphatic rings. The van der Waals surface area contributed by atoms with Crippen LogP contribution in [0.4, 0.5) is 5.69 Å². The van der Waals surface area contributed by atoms with Crippen molar-refractivity contribution in [1.29, 1.82) is 0 Å². The Morgan fingerprint density at radius 2 is 2.04 bits per heavy atom. The molecule has 3 rings (SSSR count). The summed E-state index contributed by atoms with van der Waals surface area (Å²) in [5.74, 6) is 0.579. The van der Waals surface area contributed by atoms with Crippen LogP contribution in [0.2, 0.25) is 5.02 Å². The topological polar surface area (TPSA) is 73.3 Å². The number of thiophene rings is 1. The fourth-order valence-corrected chi connectivity index (χ4v) is 3.65. The molecule has 0 bridgehead atoms. The lowest BCUT2D eigenvalue weighted by molar-refractivity contribution is -0.118. The minimum absolute atomic E-state index is 0.175. The summed E-state index contributed by atoms with van der Waals surface area (Å²) in [5, 5.41) is 4.20. The number of ether oxygens (including phenoxy) is 2. The summed E-state index contributed by atoms with van der Waals surface area (Å²) in [5.41, 5.74) is 2.44. The van der Waals surface area contributed by atoms with Gasteiger partial charge in [0.25, 0.3) is 5.91 Å². The van der Waals surface area contributed by atoms with E-state index in [9.17, 15) is 4.79 Å². The van der Waals surface area contributed by atoms with Gasteiger partial charge in [-0.25, -0.2) is 9.97 Å². The molecular weight excluding hydrogens is 374 g/mol. The quantitative estimate of drug-likeness (QED) is 0.702. The van der Waals surface area contributed by atoms with Crippen molar-refractivity contribution in [3.8, 4) is 11.6 Å². The van der Waals surface area contributed by atoms with Crippen molar-refractivity contribution in [3.63, 3.8) is 0 Å². The van der Waals surface area contributed by atoms with Crippen LogP contribution in [-0.4, -0.2) is 29.6 Å². The number of rotatable bonds is 5. The number of carbonyl (C=O) groups excluding carboxylic acids is 1. The van der Waals surface area contributed by atoms with Crippen LogP contribution in [0.1, 0.15) is 16.0 Å². The van der Waals surface area contributed by atoms with Gasteiger partial charge in [0.05, 0.1) is 18.2 Å². The van der Waals surface area contributed by atoms with Gasteiger partial charge in [-0.3, -0.25) is 4.79 Å². The first kappa shape index (κ1) is 18.4. The zero-order valence-electron chi connectivity index (χ0n) is 14.8. The number of halogens is 1. The van der Waals surface area contributed by atoms with Crippen LogP contribution in [0, 0.1) is 20.8 Å². The second-order valence-electron chi connectivity index (χ2n) is 5.78. The summed E-state index contributed by atoms with van der Waals surface area (Å²) >= 11 is 7.66. The number of carbonyl (C=O) groups is 1. The molecule has 136 valence electrons. The highest BCUT2D eigenvalue weighted by atomic mass is 35.5. The summed E-state index contributed by atoms with van der Waals surface area (Å²) in [7, 11) is 1.52. The maximum Gasteiger partial charge on any atom is 0.262 e. The molecule has 0 fully saturated rings. The van der Waals surface area contributed by atoms with Crippen molar-refractivity contribution >= 4 is 44.7 Å². The van der Waals surface area contributed by atoms with Gasteiger partial charge in [0.1, 0.15) is 16.9 Å². The van der Waals surface area contributed by atoms with Gasteiger partial charge in [0, 0.05) is 16.0 Å². The van der Waals surface area contributed by atoms with Crippen LogP contribution in [-0.2, 0) is 4.79 Å². The minimum Gasteiger partial charge on any atom is -0.495 e. The Labute approximate surface area is 160 Å². The van der Waals surface area contributed by atoms with E-state index in [-0.39, 0.29) is 12.5 Å². The predicted molar refractivity (Wildman–Crippen MR) is 104 cm³/mol. The van der Waals surface area contributed by atoms with E-state index in [1.54, 1.807) is 23.5 Å². The van der Waals surface area contributed by atoms with Crippen LogP contribution >= 0.6 is 22.9 Å². The Kier molecular flexibility index (Phi) is 5.29. The van der Waals surface area contributed by atoms with E-state index in [1.807, 2.05) is 20.8 Å². The SMILES string of the molecule is COc1cc(Cl)c(C)cc1NC(=O)COc1ncnc2sc(C)c(C)c12. The Balaban J connectivity index is 1.75. The third kappa shape index (κ3) is 3.59. The summed E-state index contributed by atoms with van der Waals surface area (Å²) in [6.45, 7) is 5.69. The summed E-state index contributed by atoms with van der Waals surface area (Å²) < 4.78 is 10.9. The number of nitrogens with one attached hydrogen (secondary N) is 1. The number of aromatic nitrogens is 2. The third-order valence-electron chi connectivity index (χ3n) is 4.03. The summed E-state index contributed by atoms with van der Waals surface area (Å²) in [6, 6.07) is 3.42. The molecule has 1 amide bonds. The molecule has 2 aromatic heterocycles. The maximum atomic E-state index is 12.3. The molecule has 0 aliphatic carbocycles. The highest BCUT2D eigenvalue weighted by Crippen LogP contribution is 2.34. The Morgan fingerprint density at radius 3 is 2.77 bits per heavy atom. The van der Waals surface area contributed by atoms with Crippen LogP contribution < -0.4 is 14.8 Å². The number of nitrogens with zero attached hydrogens (tertiary/aromatic N) is 2. The lowest BCUT2D eigenvalue weighted by atomic mass is 10.2. The van der Waals surface area contributed by atoms with E-state index in [1.165, 1.54) is 13.4 Å². The van der Waals surface area contributed by atoms with Crippen LogP contribution in [0.3, 0.4) is 0 Å². The normalized spacial score (nSPS) is 10.8. The van der Waals surface area contributed by atoms with Crippen molar-refractivity contribution in [1.82, 2.24) is 9.97 Å². The number of hydrogen-bond donors (Lipinski definition) is 1. The van der Waals surface area contributed by atoms with Gasteiger partial charge in [-0.15, -0.1) is 11.3 Å². The average molecular weight is 392 g/mol. The molecule has 0 atom stereocenters. The Morgan fingerprint density at radius 1 is 1.27 bits per heavy atom. The molecule has 3 aromatic rings. The van der Waals surface area contributed by atoms with Crippen LogP contribution in [0.5, 0.6) is 11.6 Å². The molecule has 2 heterocycles. The van der Waals surface area contributed by atoms with Gasteiger partial charge in [-0.05, 0) is 38.0 Å². The third-order valence-corrected chi connectivity index (χ3v) is 5.55. The van der Waals surface area contributed by atoms with Crippen LogP contribution in [0.25, 0.3) is 10.2 Å². The standard InChI is InChI=1S/C18H18ClN3O3S/c1-9-5-13(14(24-4)6-12(9)19)22-15(23)7-25-17-16-10(2)11(3)26-18(16)21-8-20-17/h5-6,8H,7H2,1-4H3,(H,22,23). The first-order valence-electron chi connectivity index (χ1n) is 7.88. The fraction of sp³-hybridized carbons (Fsp3) is 0.278. The lowest BCUT2D eigenvalue weighted by Gasteiger charge is -2.12. The number of anilines is 1. The van der Waals surface area contributed by atoms with Gasteiger partial charge in [-0.1, -0.05) is 11.6 Å². The fourth-order valence-electron chi connectivity index (χ4n) is 2.51. The zero-order chi connectivity index (χ0) is 18.8. The molecule has 6 nitrogen and oxygen atoms in total. The number of amides is 1. The molecule has 26 heavy (non-hydrogen) atoms. The first-order valence-corrected chi connectivity index (χ1v) is 9.07. The van der Waals surface area contributed by atoms with E-state index in [0.29, 0.717) is 22.3 Å². The van der Waals surface area contributed by atoms with Crippen molar-refractivity contribution in [2.45, 2.75) is 20.8 Å². The molecule has 8 heteroatoms. The molecule has 0 spiro atoms. The average Bonchev–Trinajstić information content (AvgIpc) is 2.91. The number of benzene rings is 1. The molecule has 1 N–H and O–H groups in total.